The summed E-state index contributed by atoms with van der Waals surface area (Å²) >= 11 is 11.5. The van der Waals surface area contributed by atoms with Gasteiger partial charge in [-0.3, -0.25) is 4.98 Å². The Labute approximate surface area is 153 Å². The zero-order valence-electron chi connectivity index (χ0n) is 13.6. The number of rotatable bonds is 5. The molecule has 0 aliphatic heterocycles. The maximum Gasteiger partial charge on any atom is 0.171 e. The lowest BCUT2D eigenvalue weighted by Gasteiger charge is -2.32. The van der Waals surface area contributed by atoms with Crippen molar-refractivity contribution in [2.45, 2.75) is 44.1 Å². The van der Waals surface area contributed by atoms with Crippen molar-refractivity contribution in [3.63, 3.8) is 0 Å². The molecule has 5 heteroatoms. The van der Waals surface area contributed by atoms with Crippen LogP contribution in [-0.4, -0.2) is 15.6 Å². The molecule has 2 N–H and O–H groups in total. The Kier molecular flexibility index (Phi) is 5.69. The van der Waals surface area contributed by atoms with E-state index in [2.05, 4.69) is 27.8 Å². The van der Waals surface area contributed by atoms with Crippen LogP contribution in [0.15, 0.2) is 48.8 Å². The van der Waals surface area contributed by atoms with Crippen molar-refractivity contribution in [2.75, 3.05) is 5.32 Å². The Morgan fingerprint density at radius 2 is 1.92 bits per heavy atom. The SMILES string of the molecule is S=C(Nc1cccnc1)NC1(CCc2ccc(Cl)cc2)CCCC1. The van der Waals surface area contributed by atoms with Crippen molar-refractivity contribution in [2.24, 2.45) is 0 Å². The third-order valence-electron chi connectivity index (χ3n) is 4.66. The highest BCUT2D eigenvalue weighted by molar-refractivity contribution is 7.80. The number of aromatic nitrogens is 1. The van der Waals surface area contributed by atoms with E-state index >= 15 is 0 Å². The van der Waals surface area contributed by atoms with E-state index in [0.717, 1.165) is 36.4 Å². The highest BCUT2D eigenvalue weighted by atomic mass is 35.5. The fraction of sp³-hybridized carbons (Fsp3) is 0.368. The third-order valence-corrected chi connectivity index (χ3v) is 5.12. The van der Waals surface area contributed by atoms with E-state index in [1.807, 2.05) is 24.3 Å². The van der Waals surface area contributed by atoms with Gasteiger partial charge in [-0.05, 0) is 67.7 Å². The smallest absolute Gasteiger partial charge is 0.171 e. The van der Waals surface area contributed by atoms with E-state index in [1.165, 1.54) is 18.4 Å². The maximum absolute atomic E-state index is 5.97. The molecule has 0 radical (unpaired) electrons. The van der Waals surface area contributed by atoms with Crippen molar-refractivity contribution in [3.8, 4) is 0 Å². The molecule has 1 aromatic heterocycles. The Bertz CT molecular complexity index is 667. The first-order chi connectivity index (χ1) is 11.7. The topological polar surface area (TPSA) is 37.0 Å². The van der Waals surface area contributed by atoms with Crippen LogP contribution in [-0.2, 0) is 6.42 Å². The van der Waals surface area contributed by atoms with Gasteiger partial charge in [-0.2, -0.15) is 0 Å². The Morgan fingerprint density at radius 1 is 1.17 bits per heavy atom. The summed E-state index contributed by atoms with van der Waals surface area (Å²) in [7, 11) is 0. The number of aryl methyl sites for hydroxylation is 1. The molecule has 1 fully saturated rings. The molecule has 0 amide bonds. The second-order valence-corrected chi connectivity index (χ2v) is 7.28. The van der Waals surface area contributed by atoms with Gasteiger partial charge in [-0.15, -0.1) is 0 Å². The molecule has 0 unspecified atom stereocenters. The highest BCUT2D eigenvalue weighted by Crippen LogP contribution is 2.34. The van der Waals surface area contributed by atoms with E-state index in [1.54, 1.807) is 12.4 Å². The number of nitrogens with one attached hydrogen (secondary N) is 2. The normalized spacial score (nSPS) is 15.9. The first kappa shape index (κ1) is 17.2. The van der Waals surface area contributed by atoms with Gasteiger partial charge in [0, 0.05) is 16.8 Å². The van der Waals surface area contributed by atoms with Crippen molar-refractivity contribution in [1.82, 2.24) is 10.3 Å². The summed E-state index contributed by atoms with van der Waals surface area (Å²) in [5.74, 6) is 0. The van der Waals surface area contributed by atoms with E-state index < -0.39 is 0 Å². The summed E-state index contributed by atoms with van der Waals surface area (Å²) in [6.07, 6.45) is 10.5. The van der Waals surface area contributed by atoms with Crippen LogP contribution in [0.5, 0.6) is 0 Å². The molecule has 1 aliphatic rings. The molecule has 1 saturated carbocycles. The third kappa shape index (κ3) is 4.68. The zero-order valence-corrected chi connectivity index (χ0v) is 15.2. The number of hydrogen-bond donors (Lipinski definition) is 2. The van der Waals surface area contributed by atoms with Gasteiger partial charge in [-0.1, -0.05) is 36.6 Å². The molecule has 126 valence electrons. The first-order valence-corrected chi connectivity index (χ1v) is 9.18. The average Bonchev–Trinajstić information content (AvgIpc) is 3.04. The summed E-state index contributed by atoms with van der Waals surface area (Å²) < 4.78 is 0. The lowest BCUT2D eigenvalue weighted by Crippen LogP contribution is -2.48. The van der Waals surface area contributed by atoms with Gasteiger partial charge in [-0.25, -0.2) is 0 Å². The average molecular weight is 360 g/mol. The van der Waals surface area contributed by atoms with Gasteiger partial charge < -0.3 is 10.6 Å². The molecular weight excluding hydrogens is 338 g/mol. The monoisotopic (exact) mass is 359 g/mol. The van der Waals surface area contributed by atoms with Crippen LogP contribution < -0.4 is 10.6 Å². The van der Waals surface area contributed by atoms with E-state index in [0.29, 0.717) is 5.11 Å². The van der Waals surface area contributed by atoms with Gasteiger partial charge >= 0.3 is 0 Å². The lowest BCUT2D eigenvalue weighted by molar-refractivity contribution is 0.362. The summed E-state index contributed by atoms with van der Waals surface area (Å²) in [4.78, 5) is 4.11. The number of pyridine rings is 1. The Balaban J connectivity index is 1.60. The summed E-state index contributed by atoms with van der Waals surface area (Å²) in [5, 5.41) is 8.30. The molecule has 2 aromatic rings. The van der Waals surface area contributed by atoms with Gasteiger partial charge in [0.25, 0.3) is 0 Å². The molecule has 0 saturated heterocycles. The van der Waals surface area contributed by atoms with Crippen LogP contribution >= 0.6 is 23.8 Å². The number of hydrogen-bond acceptors (Lipinski definition) is 2. The van der Waals surface area contributed by atoms with Gasteiger partial charge in [0.05, 0.1) is 11.9 Å². The van der Waals surface area contributed by atoms with Crippen LogP contribution in [0.25, 0.3) is 0 Å². The number of halogens is 1. The fourth-order valence-electron chi connectivity index (χ4n) is 3.36. The van der Waals surface area contributed by atoms with Crippen molar-refractivity contribution >= 4 is 34.6 Å². The minimum absolute atomic E-state index is 0.0892. The molecule has 3 nitrogen and oxygen atoms in total. The van der Waals surface area contributed by atoms with Crippen LogP contribution in [0.4, 0.5) is 5.69 Å². The summed E-state index contributed by atoms with van der Waals surface area (Å²) in [5.41, 5.74) is 2.32. The van der Waals surface area contributed by atoms with Crippen LogP contribution in [0.3, 0.4) is 0 Å². The molecule has 0 spiro atoms. The van der Waals surface area contributed by atoms with Gasteiger partial charge in [0.15, 0.2) is 5.11 Å². The predicted octanol–water partition coefficient (Wildman–Crippen LogP) is 4.97. The molecule has 1 aromatic carbocycles. The molecule has 0 bridgehead atoms. The van der Waals surface area contributed by atoms with Crippen LogP contribution in [0.1, 0.15) is 37.7 Å². The quantitative estimate of drug-likeness (QED) is 0.739. The van der Waals surface area contributed by atoms with Crippen molar-refractivity contribution < 1.29 is 0 Å². The first-order valence-electron chi connectivity index (χ1n) is 8.39. The minimum Gasteiger partial charge on any atom is -0.357 e. The van der Waals surface area contributed by atoms with Gasteiger partial charge in [0.2, 0.25) is 0 Å². The van der Waals surface area contributed by atoms with E-state index in [9.17, 15) is 0 Å². The molecule has 1 heterocycles. The number of thiocarbonyl (C=S) groups is 1. The molecule has 1 aliphatic carbocycles. The second-order valence-electron chi connectivity index (χ2n) is 6.43. The number of benzene rings is 1. The highest BCUT2D eigenvalue weighted by Gasteiger charge is 2.33. The Hall–Kier alpha value is -1.65. The second kappa shape index (κ2) is 7.95. The van der Waals surface area contributed by atoms with Crippen molar-refractivity contribution in [3.05, 3.63) is 59.4 Å². The van der Waals surface area contributed by atoms with E-state index in [4.69, 9.17) is 23.8 Å². The summed E-state index contributed by atoms with van der Waals surface area (Å²) in [6, 6.07) is 12.0. The largest absolute Gasteiger partial charge is 0.357 e. The minimum atomic E-state index is 0.0892. The summed E-state index contributed by atoms with van der Waals surface area (Å²) in [6.45, 7) is 0. The standard InChI is InChI=1S/C19H22ClN3S/c20-16-7-5-15(6-8-16)9-12-19(10-1-2-11-19)23-18(24)22-17-4-3-13-21-14-17/h3-8,13-14H,1-2,9-12H2,(H2,22,23,24). The fourth-order valence-corrected chi connectivity index (χ4v) is 3.82. The number of anilines is 1. The molecule has 3 rings (SSSR count). The Morgan fingerprint density at radius 3 is 2.58 bits per heavy atom. The zero-order chi connectivity index (χ0) is 16.8. The van der Waals surface area contributed by atoms with Crippen molar-refractivity contribution in [1.29, 1.82) is 0 Å². The van der Waals surface area contributed by atoms with Crippen LogP contribution in [0.2, 0.25) is 5.02 Å². The lowest BCUT2D eigenvalue weighted by atomic mass is 9.89. The van der Waals surface area contributed by atoms with Gasteiger partial charge in [0.1, 0.15) is 0 Å². The van der Waals surface area contributed by atoms with E-state index in [-0.39, 0.29) is 5.54 Å². The number of nitrogens with zero attached hydrogens (tertiary/aromatic N) is 1. The molecule has 0 atom stereocenters. The predicted molar refractivity (Wildman–Crippen MR) is 105 cm³/mol. The molecule has 24 heavy (non-hydrogen) atoms. The molecular formula is C19H22ClN3S. The maximum atomic E-state index is 5.97. The van der Waals surface area contributed by atoms with Crippen LogP contribution in [0, 0.1) is 0 Å².